The van der Waals surface area contributed by atoms with Gasteiger partial charge in [0, 0.05) is 6.42 Å². The molecule has 1 aromatic carbocycles. The van der Waals surface area contributed by atoms with Crippen LogP contribution in [-0.4, -0.2) is 60.3 Å². The molecule has 3 rings (SSSR count). The molecule has 2 aliphatic rings. The van der Waals surface area contributed by atoms with Gasteiger partial charge in [-0.2, -0.15) is 13.2 Å². The number of hydrogen-bond donors (Lipinski definition) is 0. The minimum absolute atomic E-state index is 0.213. The van der Waals surface area contributed by atoms with Crippen LogP contribution in [0.4, 0.5) is 18.0 Å². The Morgan fingerprint density at radius 1 is 1.13 bits per heavy atom. The lowest BCUT2D eigenvalue weighted by Crippen LogP contribution is -2.47. The quantitative estimate of drug-likeness (QED) is 0.689. The smallest absolute Gasteiger partial charge is 0.417 e. The van der Waals surface area contributed by atoms with Gasteiger partial charge in [-0.05, 0) is 26.3 Å². The minimum atomic E-state index is -4.81. The monoisotopic (exact) mass is 445 g/mol. The van der Waals surface area contributed by atoms with Crippen molar-refractivity contribution in [2.24, 2.45) is 5.92 Å². The Hall–Kier alpha value is -2.17. The molecule has 10 heteroatoms. The number of imide groups is 1. The lowest BCUT2D eigenvalue weighted by Gasteiger charge is -2.30. The SMILES string of the molecule is CC(C)(C)OC(=O)N1C(=O)C(OCc2ccccc2)C(C(F)(F)F)C1CC1OCCO1. The number of nitrogens with zero attached hydrogens (tertiary/aromatic N) is 1. The average Bonchev–Trinajstić information content (AvgIpc) is 3.25. The van der Waals surface area contributed by atoms with Crippen LogP contribution < -0.4 is 0 Å². The topological polar surface area (TPSA) is 74.3 Å². The molecule has 0 aliphatic carbocycles. The molecule has 2 aliphatic heterocycles. The van der Waals surface area contributed by atoms with Gasteiger partial charge in [-0.3, -0.25) is 4.79 Å². The van der Waals surface area contributed by atoms with Gasteiger partial charge in [-0.25, -0.2) is 9.69 Å². The zero-order valence-electron chi connectivity index (χ0n) is 17.6. The maximum atomic E-state index is 14.1. The Balaban J connectivity index is 1.90. The van der Waals surface area contributed by atoms with Crippen LogP contribution in [0.15, 0.2) is 30.3 Å². The van der Waals surface area contributed by atoms with E-state index in [0.717, 1.165) is 0 Å². The lowest BCUT2D eigenvalue weighted by atomic mass is 9.94. The van der Waals surface area contributed by atoms with E-state index in [1.807, 2.05) is 0 Å². The Labute approximate surface area is 178 Å². The number of ether oxygens (including phenoxy) is 4. The van der Waals surface area contributed by atoms with Crippen molar-refractivity contribution >= 4 is 12.0 Å². The molecule has 1 aromatic rings. The number of hydrogen-bond acceptors (Lipinski definition) is 6. The van der Waals surface area contributed by atoms with Crippen molar-refractivity contribution in [1.29, 1.82) is 0 Å². The molecule has 3 unspecified atom stereocenters. The number of alkyl halides is 3. The Kier molecular flexibility index (Phi) is 6.92. The second-order valence-electron chi connectivity index (χ2n) is 8.45. The first-order chi connectivity index (χ1) is 14.5. The van der Waals surface area contributed by atoms with E-state index in [4.69, 9.17) is 18.9 Å². The summed E-state index contributed by atoms with van der Waals surface area (Å²) in [5, 5.41) is 0. The molecule has 7 nitrogen and oxygen atoms in total. The van der Waals surface area contributed by atoms with Gasteiger partial charge in [0.2, 0.25) is 0 Å². The number of benzene rings is 1. The Morgan fingerprint density at radius 2 is 1.74 bits per heavy atom. The van der Waals surface area contributed by atoms with E-state index in [1.54, 1.807) is 51.1 Å². The van der Waals surface area contributed by atoms with E-state index in [9.17, 15) is 22.8 Å². The number of halogens is 3. The van der Waals surface area contributed by atoms with Crippen molar-refractivity contribution in [3.05, 3.63) is 35.9 Å². The van der Waals surface area contributed by atoms with Crippen LogP contribution in [0.3, 0.4) is 0 Å². The van der Waals surface area contributed by atoms with E-state index in [-0.39, 0.29) is 26.2 Å². The van der Waals surface area contributed by atoms with Crippen molar-refractivity contribution in [1.82, 2.24) is 4.90 Å². The van der Waals surface area contributed by atoms with E-state index >= 15 is 0 Å². The molecular weight excluding hydrogens is 419 g/mol. The van der Waals surface area contributed by atoms with Gasteiger partial charge >= 0.3 is 12.3 Å². The summed E-state index contributed by atoms with van der Waals surface area (Å²) in [6.45, 7) is 4.93. The molecule has 0 bridgehead atoms. The fourth-order valence-corrected chi connectivity index (χ4v) is 3.67. The fraction of sp³-hybridized carbons (Fsp3) is 0.619. The summed E-state index contributed by atoms with van der Waals surface area (Å²) in [4.78, 5) is 26.3. The summed E-state index contributed by atoms with van der Waals surface area (Å²) in [6, 6.07) is 6.94. The minimum Gasteiger partial charge on any atom is -0.443 e. The molecule has 2 fully saturated rings. The predicted octanol–water partition coefficient (Wildman–Crippen LogP) is 3.66. The van der Waals surface area contributed by atoms with E-state index in [2.05, 4.69) is 0 Å². The summed E-state index contributed by atoms with van der Waals surface area (Å²) >= 11 is 0. The molecule has 3 atom stereocenters. The first-order valence-corrected chi connectivity index (χ1v) is 9.99. The third-order valence-electron chi connectivity index (χ3n) is 4.92. The molecule has 0 saturated carbocycles. The van der Waals surface area contributed by atoms with Gasteiger partial charge < -0.3 is 18.9 Å². The number of amides is 2. The van der Waals surface area contributed by atoms with Crippen molar-refractivity contribution in [2.45, 2.75) is 64.0 Å². The predicted molar refractivity (Wildman–Crippen MR) is 102 cm³/mol. The maximum Gasteiger partial charge on any atom is 0.417 e. The normalized spacial score (nSPS) is 25.3. The molecule has 0 spiro atoms. The standard InChI is InChI=1S/C21H26F3NO6/c1-20(2,3)31-19(27)25-14(11-15-28-9-10-29-15)16(21(22,23)24)17(18(25)26)30-12-13-7-5-4-6-8-13/h4-8,14-17H,9-12H2,1-3H3. The van der Waals surface area contributed by atoms with Crippen LogP contribution in [0.2, 0.25) is 0 Å². The first kappa shape index (κ1) is 23.5. The van der Waals surface area contributed by atoms with E-state index < -0.39 is 48.1 Å². The maximum absolute atomic E-state index is 14.1. The summed E-state index contributed by atoms with van der Waals surface area (Å²) in [6.07, 6.45) is -9.14. The zero-order valence-corrected chi connectivity index (χ0v) is 17.6. The second-order valence-corrected chi connectivity index (χ2v) is 8.45. The largest absolute Gasteiger partial charge is 0.443 e. The Bertz CT molecular complexity index is 774. The molecule has 31 heavy (non-hydrogen) atoms. The number of carbonyl (C=O) groups is 2. The van der Waals surface area contributed by atoms with Crippen molar-refractivity contribution in [3.63, 3.8) is 0 Å². The first-order valence-electron chi connectivity index (χ1n) is 9.99. The van der Waals surface area contributed by atoms with E-state index in [0.29, 0.717) is 10.5 Å². The average molecular weight is 445 g/mol. The van der Waals surface area contributed by atoms with Gasteiger partial charge in [0.15, 0.2) is 12.4 Å². The summed E-state index contributed by atoms with van der Waals surface area (Å²) in [5.74, 6) is -3.33. The third-order valence-corrected chi connectivity index (χ3v) is 4.92. The van der Waals surface area contributed by atoms with Gasteiger partial charge in [-0.1, -0.05) is 30.3 Å². The molecule has 2 amide bonds. The van der Waals surface area contributed by atoms with Crippen molar-refractivity contribution < 1.29 is 41.7 Å². The van der Waals surface area contributed by atoms with Crippen LogP contribution in [-0.2, 0) is 30.3 Å². The van der Waals surface area contributed by atoms with Crippen LogP contribution in [0, 0.1) is 5.92 Å². The van der Waals surface area contributed by atoms with Gasteiger partial charge in [-0.15, -0.1) is 0 Å². The molecular formula is C21H26F3NO6. The molecule has 2 heterocycles. The Morgan fingerprint density at radius 3 is 2.29 bits per heavy atom. The van der Waals surface area contributed by atoms with Crippen LogP contribution in [0.1, 0.15) is 32.8 Å². The molecule has 2 saturated heterocycles. The summed E-state index contributed by atoms with van der Waals surface area (Å²) in [5.41, 5.74) is -0.398. The highest BCUT2D eigenvalue weighted by Crippen LogP contribution is 2.43. The highest BCUT2D eigenvalue weighted by Gasteiger charge is 2.63. The second kappa shape index (κ2) is 9.13. The van der Waals surface area contributed by atoms with Gasteiger partial charge in [0.1, 0.15) is 11.5 Å². The van der Waals surface area contributed by atoms with Crippen molar-refractivity contribution in [2.75, 3.05) is 13.2 Å². The van der Waals surface area contributed by atoms with E-state index in [1.165, 1.54) is 0 Å². The van der Waals surface area contributed by atoms with Crippen molar-refractivity contribution in [3.8, 4) is 0 Å². The van der Waals surface area contributed by atoms with Crippen LogP contribution >= 0.6 is 0 Å². The number of likely N-dealkylation sites (tertiary alicyclic amines) is 1. The van der Waals surface area contributed by atoms with Crippen LogP contribution in [0.5, 0.6) is 0 Å². The highest BCUT2D eigenvalue weighted by molar-refractivity contribution is 5.97. The summed E-state index contributed by atoms with van der Waals surface area (Å²) in [7, 11) is 0. The summed E-state index contributed by atoms with van der Waals surface area (Å²) < 4.78 is 63.6. The number of rotatable bonds is 5. The van der Waals surface area contributed by atoms with Crippen LogP contribution in [0.25, 0.3) is 0 Å². The fourth-order valence-electron chi connectivity index (χ4n) is 3.67. The lowest BCUT2D eigenvalue weighted by molar-refractivity contribution is -0.210. The molecule has 0 radical (unpaired) electrons. The zero-order chi connectivity index (χ0) is 22.8. The molecule has 0 N–H and O–H groups in total. The molecule has 172 valence electrons. The highest BCUT2D eigenvalue weighted by atomic mass is 19.4. The molecule has 0 aromatic heterocycles. The number of carbonyl (C=O) groups excluding carboxylic acids is 2. The third kappa shape index (κ3) is 5.75. The van der Waals surface area contributed by atoms with Gasteiger partial charge in [0.25, 0.3) is 5.91 Å². The van der Waals surface area contributed by atoms with Gasteiger partial charge in [0.05, 0.1) is 25.9 Å².